The summed E-state index contributed by atoms with van der Waals surface area (Å²) in [5, 5.41) is 0. The van der Waals surface area contributed by atoms with Crippen molar-refractivity contribution in [3.05, 3.63) is 0 Å². The molecule has 0 bridgehead atoms. The molecule has 0 saturated carbocycles. The molecule has 1 aliphatic heterocycles. The van der Waals surface area contributed by atoms with Crippen LogP contribution in [0.3, 0.4) is 0 Å². The zero-order chi connectivity index (χ0) is 8.97. The Bertz CT molecular complexity index is 157. The quantitative estimate of drug-likeness (QED) is 0.618. The van der Waals surface area contributed by atoms with E-state index < -0.39 is 0 Å². The molecular weight excluding hydrogens is 152 g/mol. The fourth-order valence-electron chi connectivity index (χ4n) is 1.38. The lowest BCUT2D eigenvalue weighted by Crippen LogP contribution is -2.48. The summed E-state index contributed by atoms with van der Waals surface area (Å²) in [6.45, 7) is 5.81. The second kappa shape index (κ2) is 4.45. The van der Waals surface area contributed by atoms with Crippen LogP contribution < -0.4 is 0 Å². The summed E-state index contributed by atoms with van der Waals surface area (Å²) in [4.78, 5) is 15.3. The Kier molecular flexibility index (Phi) is 3.53. The van der Waals surface area contributed by atoms with Crippen molar-refractivity contribution in [3.8, 4) is 0 Å². The topological polar surface area (TPSA) is 23.6 Å². The summed E-state index contributed by atoms with van der Waals surface area (Å²) in [5.74, 6) is 0.261. The smallest absolute Gasteiger partial charge is 0.236 e. The maximum Gasteiger partial charge on any atom is 0.236 e. The molecule has 3 heteroatoms. The van der Waals surface area contributed by atoms with Crippen LogP contribution >= 0.6 is 0 Å². The van der Waals surface area contributed by atoms with Crippen LogP contribution in [0, 0.1) is 0 Å². The fraction of sp³-hybridized carbons (Fsp3) is 0.889. The highest BCUT2D eigenvalue weighted by molar-refractivity contribution is 5.78. The molecule has 1 amide bonds. The van der Waals surface area contributed by atoms with Gasteiger partial charge in [-0.3, -0.25) is 9.69 Å². The SMILES string of the molecule is CCCCN1CCN(C)C(=O)C1. The summed E-state index contributed by atoms with van der Waals surface area (Å²) in [6.07, 6.45) is 2.41. The number of amides is 1. The van der Waals surface area contributed by atoms with Crippen molar-refractivity contribution in [1.82, 2.24) is 9.80 Å². The summed E-state index contributed by atoms with van der Waals surface area (Å²) < 4.78 is 0. The summed E-state index contributed by atoms with van der Waals surface area (Å²) in [5.41, 5.74) is 0. The molecule has 3 nitrogen and oxygen atoms in total. The van der Waals surface area contributed by atoms with Gasteiger partial charge in [0.15, 0.2) is 0 Å². The van der Waals surface area contributed by atoms with Gasteiger partial charge in [-0.05, 0) is 13.0 Å². The van der Waals surface area contributed by atoms with E-state index in [4.69, 9.17) is 0 Å². The molecule has 0 radical (unpaired) electrons. The first-order chi connectivity index (χ1) is 5.74. The van der Waals surface area contributed by atoms with E-state index in [-0.39, 0.29) is 5.91 Å². The van der Waals surface area contributed by atoms with E-state index in [2.05, 4.69) is 11.8 Å². The highest BCUT2D eigenvalue weighted by Gasteiger charge is 2.19. The van der Waals surface area contributed by atoms with Crippen molar-refractivity contribution in [1.29, 1.82) is 0 Å². The zero-order valence-electron chi connectivity index (χ0n) is 8.05. The van der Waals surface area contributed by atoms with Crippen LogP contribution in [0.1, 0.15) is 19.8 Å². The Hall–Kier alpha value is -0.570. The van der Waals surface area contributed by atoms with Gasteiger partial charge in [0, 0.05) is 20.1 Å². The number of likely N-dealkylation sites (N-methyl/N-ethyl adjacent to an activating group) is 1. The Balaban J connectivity index is 2.25. The van der Waals surface area contributed by atoms with Crippen molar-refractivity contribution in [2.24, 2.45) is 0 Å². The number of nitrogens with zero attached hydrogens (tertiary/aromatic N) is 2. The van der Waals surface area contributed by atoms with Crippen LogP contribution in [0.15, 0.2) is 0 Å². The molecule has 1 aliphatic rings. The minimum atomic E-state index is 0.261. The average molecular weight is 170 g/mol. The van der Waals surface area contributed by atoms with Crippen LogP contribution in [0.5, 0.6) is 0 Å². The number of hydrogen-bond donors (Lipinski definition) is 0. The molecule has 1 heterocycles. The van der Waals surface area contributed by atoms with E-state index in [0.717, 1.165) is 19.6 Å². The first-order valence-electron chi connectivity index (χ1n) is 4.70. The van der Waals surface area contributed by atoms with Crippen LogP contribution in [0.2, 0.25) is 0 Å². The third kappa shape index (κ3) is 2.48. The molecule has 0 aromatic carbocycles. The molecule has 0 N–H and O–H groups in total. The lowest BCUT2D eigenvalue weighted by atomic mass is 10.2. The number of hydrogen-bond acceptors (Lipinski definition) is 2. The second-order valence-electron chi connectivity index (χ2n) is 3.44. The van der Waals surface area contributed by atoms with Crippen molar-refractivity contribution in [2.75, 3.05) is 33.2 Å². The van der Waals surface area contributed by atoms with E-state index >= 15 is 0 Å². The number of rotatable bonds is 3. The molecule has 1 saturated heterocycles. The highest BCUT2D eigenvalue weighted by atomic mass is 16.2. The Labute approximate surface area is 74.3 Å². The van der Waals surface area contributed by atoms with E-state index in [1.165, 1.54) is 12.8 Å². The first-order valence-corrected chi connectivity index (χ1v) is 4.70. The van der Waals surface area contributed by atoms with Gasteiger partial charge in [-0.15, -0.1) is 0 Å². The van der Waals surface area contributed by atoms with Crippen molar-refractivity contribution < 1.29 is 4.79 Å². The maximum atomic E-state index is 11.3. The molecule has 1 rings (SSSR count). The van der Waals surface area contributed by atoms with Crippen LogP contribution in [0.25, 0.3) is 0 Å². The minimum absolute atomic E-state index is 0.261. The number of carbonyl (C=O) groups is 1. The van der Waals surface area contributed by atoms with Crippen molar-refractivity contribution >= 4 is 5.91 Å². The Morgan fingerprint density at radius 2 is 2.17 bits per heavy atom. The number of piperazine rings is 1. The third-order valence-electron chi connectivity index (χ3n) is 2.36. The fourth-order valence-corrected chi connectivity index (χ4v) is 1.38. The molecule has 0 unspecified atom stereocenters. The van der Waals surface area contributed by atoms with Gasteiger partial charge in [-0.1, -0.05) is 13.3 Å². The zero-order valence-corrected chi connectivity index (χ0v) is 8.05. The lowest BCUT2D eigenvalue weighted by molar-refractivity contribution is -0.134. The van der Waals surface area contributed by atoms with E-state index in [1.54, 1.807) is 0 Å². The molecule has 0 spiro atoms. The number of carbonyl (C=O) groups excluding carboxylic acids is 1. The minimum Gasteiger partial charge on any atom is -0.343 e. The first kappa shape index (κ1) is 9.52. The predicted molar refractivity (Wildman–Crippen MR) is 49.0 cm³/mol. The molecule has 0 aromatic heterocycles. The summed E-state index contributed by atoms with van der Waals surface area (Å²) >= 11 is 0. The van der Waals surface area contributed by atoms with Crippen LogP contribution in [0.4, 0.5) is 0 Å². The normalized spacial score (nSPS) is 20.2. The van der Waals surface area contributed by atoms with E-state index in [9.17, 15) is 4.79 Å². The molecular formula is C9H18N2O. The maximum absolute atomic E-state index is 11.3. The monoisotopic (exact) mass is 170 g/mol. The molecule has 12 heavy (non-hydrogen) atoms. The number of unbranched alkanes of at least 4 members (excludes halogenated alkanes) is 1. The molecule has 0 aliphatic carbocycles. The van der Waals surface area contributed by atoms with Gasteiger partial charge in [-0.25, -0.2) is 0 Å². The largest absolute Gasteiger partial charge is 0.343 e. The van der Waals surface area contributed by atoms with E-state index in [1.807, 2.05) is 11.9 Å². The molecule has 70 valence electrons. The molecule has 0 aromatic rings. The van der Waals surface area contributed by atoms with Gasteiger partial charge in [0.1, 0.15) is 0 Å². The lowest BCUT2D eigenvalue weighted by Gasteiger charge is -2.31. The van der Waals surface area contributed by atoms with Crippen molar-refractivity contribution in [2.45, 2.75) is 19.8 Å². The summed E-state index contributed by atoms with van der Waals surface area (Å²) in [7, 11) is 1.87. The standard InChI is InChI=1S/C9H18N2O/c1-3-4-5-11-7-6-10(2)9(12)8-11/h3-8H2,1-2H3. The predicted octanol–water partition coefficient (Wildman–Crippen LogP) is 0.560. The second-order valence-corrected chi connectivity index (χ2v) is 3.44. The summed E-state index contributed by atoms with van der Waals surface area (Å²) in [6, 6.07) is 0. The van der Waals surface area contributed by atoms with Gasteiger partial charge in [0.05, 0.1) is 6.54 Å². The molecule has 1 fully saturated rings. The Morgan fingerprint density at radius 1 is 1.42 bits per heavy atom. The van der Waals surface area contributed by atoms with Gasteiger partial charge in [0.25, 0.3) is 0 Å². The van der Waals surface area contributed by atoms with E-state index in [0.29, 0.717) is 6.54 Å². The molecule has 0 atom stereocenters. The highest BCUT2D eigenvalue weighted by Crippen LogP contribution is 2.02. The van der Waals surface area contributed by atoms with Gasteiger partial charge in [0.2, 0.25) is 5.91 Å². The van der Waals surface area contributed by atoms with Crippen LogP contribution in [-0.4, -0.2) is 48.9 Å². The Morgan fingerprint density at radius 3 is 2.75 bits per heavy atom. The van der Waals surface area contributed by atoms with Crippen molar-refractivity contribution in [3.63, 3.8) is 0 Å². The van der Waals surface area contributed by atoms with Gasteiger partial charge in [-0.2, -0.15) is 0 Å². The van der Waals surface area contributed by atoms with Gasteiger partial charge >= 0.3 is 0 Å². The van der Waals surface area contributed by atoms with Gasteiger partial charge < -0.3 is 4.90 Å². The third-order valence-corrected chi connectivity index (χ3v) is 2.36. The van der Waals surface area contributed by atoms with Crippen LogP contribution in [-0.2, 0) is 4.79 Å². The average Bonchev–Trinajstić information content (AvgIpc) is 2.07.